The predicted octanol–water partition coefficient (Wildman–Crippen LogP) is 0.379. The molecule has 2 rings (SSSR count). The monoisotopic (exact) mass is 332 g/mol. The highest BCUT2D eigenvalue weighted by Crippen LogP contribution is 2.00. The van der Waals surface area contributed by atoms with Crippen molar-refractivity contribution in [2.24, 2.45) is 12.0 Å². The van der Waals surface area contributed by atoms with Crippen LogP contribution in [0.5, 0.6) is 0 Å². The van der Waals surface area contributed by atoms with E-state index in [-0.39, 0.29) is 12.5 Å². The van der Waals surface area contributed by atoms with E-state index < -0.39 is 0 Å². The SMILES string of the molecule is CN(C)C(=O)CNC(=NCc1ccnn1C)NCCc1ccco1. The molecule has 0 aliphatic rings. The summed E-state index contributed by atoms with van der Waals surface area (Å²) in [7, 11) is 5.32. The van der Waals surface area contributed by atoms with Crippen LogP contribution in [-0.2, 0) is 24.8 Å². The van der Waals surface area contributed by atoms with E-state index in [1.165, 1.54) is 4.90 Å². The number of nitrogens with one attached hydrogen (secondary N) is 2. The van der Waals surface area contributed by atoms with E-state index in [4.69, 9.17) is 4.42 Å². The summed E-state index contributed by atoms with van der Waals surface area (Å²) >= 11 is 0. The number of furan rings is 1. The number of rotatable bonds is 7. The minimum Gasteiger partial charge on any atom is -0.469 e. The van der Waals surface area contributed by atoms with Gasteiger partial charge < -0.3 is 20.0 Å². The summed E-state index contributed by atoms with van der Waals surface area (Å²) < 4.78 is 7.08. The average Bonchev–Trinajstić information content (AvgIpc) is 3.20. The second-order valence-electron chi connectivity index (χ2n) is 5.51. The topological polar surface area (TPSA) is 87.7 Å². The third kappa shape index (κ3) is 5.45. The highest BCUT2D eigenvalue weighted by molar-refractivity contribution is 5.86. The molecule has 0 bridgehead atoms. The van der Waals surface area contributed by atoms with Gasteiger partial charge in [0.05, 0.1) is 25.0 Å². The molecule has 8 heteroatoms. The Hall–Kier alpha value is -2.77. The van der Waals surface area contributed by atoms with Crippen LogP contribution in [0.4, 0.5) is 0 Å². The molecule has 24 heavy (non-hydrogen) atoms. The van der Waals surface area contributed by atoms with Gasteiger partial charge in [0.15, 0.2) is 5.96 Å². The van der Waals surface area contributed by atoms with Gasteiger partial charge in [0.1, 0.15) is 5.76 Å². The van der Waals surface area contributed by atoms with Gasteiger partial charge in [0.25, 0.3) is 0 Å². The van der Waals surface area contributed by atoms with Crippen LogP contribution in [0.25, 0.3) is 0 Å². The second kappa shape index (κ2) is 8.76. The fourth-order valence-corrected chi connectivity index (χ4v) is 1.97. The van der Waals surface area contributed by atoms with Gasteiger partial charge in [0.2, 0.25) is 5.91 Å². The van der Waals surface area contributed by atoms with Gasteiger partial charge in [-0.05, 0) is 18.2 Å². The van der Waals surface area contributed by atoms with E-state index in [2.05, 4.69) is 20.7 Å². The maximum atomic E-state index is 11.7. The van der Waals surface area contributed by atoms with Crippen molar-refractivity contribution >= 4 is 11.9 Å². The van der Waals surface area contributed by atoms with Gasteiger partial charge in [0, 0.05) is 40.3 Å². The number of hydrogen-bond acceptors (Lipinski definition) is 4. The first-order valence-corrected chi connectivity index (χ1v) is 7.78. The molecule has 0 aromatic carbocycles. The van der Waals surface area contributed by atoms with Crippen LogP contribution in [0.3, 0.4) is 0 Å². The Morgan fingerprint density at radius 3 is 2.83 bits per heavy atom. The zero-order valence-electron chi connectivity index (χ0n) is 14.3. The lowest BCUT2D eigenvalue weighted by molar-refractivity contribution is -0.127. The highest BCUT2D eigenvalue weighted by Gasteiger charge is 2.07. The number of carbonyl (C=O) groups is 1. The van der Waals surface area contributed by atoms with E-state index in [9.17, 15) is 4.79 Å². The van der Waals surface area contributed by atoms with Crippen molar-refractivity contribution in [1.82, 2.24) is 25.3 Å². The molecule has 0 spiro atoms. The van der Waals surface area contributed by atoms with Crippen molar-refractivity contribution in [3.63, 3.8) is 0 Å². The highest BCUT2D eigenvalue weighted by atomic mass is 16.3. The molecular formula is C16H24N6O2. The van der Waals surface area contributed by atoms with Crippen molar-refractivity contribution in [3.05, 3.63) is 42.1 Å². The van der Waals surface area contributed by atoms with Gasteiger partial charge >= 0.3 is 0 Å². The molecule has 2 N–H and O–H groups in total. The van der Waals surface area contributed by atoms with Crippen LogP contribution in [0, 0.1) is 0 Å². The molecule has 2 aromatic rings. The van der Waals surface area contributed by atoms with E-state index in [1.54, 1.807) is 31.2 Å². The molecule has 2 heterocycles. The molecule has 0 unspecified atom stereocenters. The number of aliphatic imine (C=N–C) groups is 1. The molecule has 0 aliphatic carbocycles. The minimum absolute atomic E-state index is 0.0175. The molecule has 8 nitrogen and oxygen atoms in total. The summed E-state index contributed by atoms with van der Waals surface area (Å²) in [5.74, 6) is 1.46. The molecular weight excluding hydrogens is 308 g/mol. The van der Waals surface area contributed by atoms with Crippen molar-refractivity contribution < 1.29 is 9.21 Å². The van der Waals surface area contributed by atoms with Crippen LogP contribution in [0.1, 0.15) is 11.5 Å². The van der Waals surface area contributed by atoms with Gasteiger partial charge in [-0.1, -0.05) is 0 Å². The Morgan fingerprint density at radius 2 is 2.21 bits per heavy atom. The molecule has 0 saturated carbocycles. The van der Waals surface area contributed by atoms with Crippen molar-refractivity contribution in [2.75, 3.05) is 27.2 Å². The fraction of sp³-hybridized carbons (Fsp3) is 0.438. The van der Waals surface area contributed by atoms with E-state index in [0.717, 1.165) is 17.9 Å². The minimum atomic E-state index is -0.0175. The maximum absolute atomic E-state index is 11.7. The number of amides is 1. The summed E-state index contributed by atoms with van der Waals surface area (Å²) in [5.41, 5.74) is 0.987. The standard InChI is InChI=1S/C16H24N6O2/c1-21(2)15(23)12-19-16(17-8-7-14-5-4-10-24-14)18-11-13-6-9-20-22(13)3/h4-6,9-10H,7-8,11-12H2,1-3H3,(H2,17,18,19). The van der Waals surface area contributed by atoms with E-state index >= 15 is 0 Å². The number of nitrogens with zero attached hydrogens (tertiary/aromatic N) is 4. The zero-order chi connectivity index (χ0) is 17.4. The third-order valence-electron chi connectivity index (χ3n) is 3.47. The lowest BCUT2D eigenvalue weighted by atomic mass is 10.3. The Bertz CT molecular complexity index is 660. The van der Waals surface area contributed by atoms with Crippen LogP contribution < -0.4 is 10.6 Å². The molecule has 0 atom stereocenters. The molecule has 2 aromatic heterocycles. The van der Waals surface area contributed by atoms with Crippen LogP contribution in [0.15, 0.2) is 40.1 Å². The first-order valence-electron chi connectivity index (χ1n) is 7.78. The van der Waals surface area contributed by atoms with Crippen molar-refractivity contribution in [3.8, 4) is 0 Å². The third-order valence-corrected chi connectivity index (χ3v) is 3.47. The molecule has 0 fully saturated rings. The Kier molecular flexibility index (Phi) is 6.41. The number of aryl methyl sites for hydroxylation is 1. The quantitative estimate of drug-likeness (QED) is 0.565. The average molecular weight is 332 g/mol. The molecule has 0 radical (unpaired) electrons. The first kappa shape index (κ1) is 17.6. The summed E-state index contributed by atoms with van der Waals surface area (Å²) in [6, 6.07) is 5.70. The smallest absolute Gasteiger partial charge is 0.241 e. The summed E-state index contributed by atoms with van der Waals surface area (Å²) in [5, 5.41) is 10.4. The zero-order valence-corrected chi connectivity index (χ0v) is 14.3. The number of aromatic nitrogens is 2. The van der Waals surface area contributed by atoms with E-state index in [0.29, 0.717) is 19.0 Å². The number of carbonyl (C=O) groups excluding carboxylic acids is 1. The normalized spacial score (nSPS) is 11.4. The Balaban J connectivity index is 1.91. The van der Waals surface area contributed by atoms with Crippen LogP contribution >= 0.6 is 0 Å². The van der Waals surface area contributed by atoms with Gasteiger partial charge in [-0.2, -0.15) is 5.10 Å². The largest absolute Gasteiger partial charge is 0.469 e. The molecule has 130 valence electrons. The first-order chi connectivity index (χ1) is 11.6. The van der Waals surface area contributed by atoms with Gasteiger partial charge in [-0.15, -0.1) is 0 Å². The van der Waals surface area contributed by atoms with Crippen LogP contribution in [0.2, 0.25) is 0 Å². The van der Waals surface area contributed by atoms with Gasteiger partial charge in [-0.25, -0.2) is 4.99 Å². The molecule has 0 saturated heterocycles. The lowest BCUT2D eigenvalue weighted by Gasteiger charge is -2.14. The fourth-order valence-electron chi connectivity index (χ4n) is 1.97. The Morgan fingerprint density at radius 1 is 1.38 bits per heavy atom. The Labute approximate surface area is 141 Å². The number of likely N-dealkylation sites (N-methyl/N-ethyl adjacent to an activating group) is 1. The lowest BCUT2D eigenvalue weighted by Crippen LogP contribution is -2.43. The predicted molar refractivity (Wildman–Crippen MR) is 91.5 cm³/mol. The molecule has 0 aliphatic heterocycles. The van der Waals surface area contributed by atoms with Crippen molar-refractivity contribution in [1.29, 1.82) is 0 Å². The summed E-state index contributed by atoms with van der Waals surface area (Å²) in [6.45, 7) is 1.31. The van der Waals surface area contributed by atoms with E-state index in [1.807, 2.05) is 25.2 Å². The van der Waals surface area contributed by atoms with Crippen molar-refractivity contribution in [2.45, 2.75) is 13.0 Å². The molecule has 1 amide bonds. The summed E-state index contributed by atoms with van der Waals surface area (Å²) in [4.78, 5) is 17.8. The second-order valence-corrected chi connectivity index (χ2v) is 5.51. The number of guanidine groups is 1. The number of hydrogen-bond donors (Lipinski definition) is 2. The maximum Gasteiger partial charge on any atom is 0.241 e. The van der Waals surface area contributed by atoms with Gasteiger partial charge in [-0.3, -0.25) is 9.48 Å². The van der Waals surface area contributed by atoms with Crippen LogP contribution in [-0.4, -0.2) is 53.7 Å². The summed E-state index contributed by atoms with van der Waals surface area (Å²) in [6.07, 6.45) is 4.12.